The zero-order chi connectivity index (χ0) is 22.0. The number of nitrogens with one attached hydrogen (secondary N) is 1. The maximum atomic E-state index is 12.5. The second-order valence-corrected chi connectivity index (χ2v) is 9.68. The van der Waals surface area contributed by atoms with E-state index in [0.717, 1.165) is 28.9 Å². The summed E-state index contributed by atoms with van der Waals surface area (Å²) in [7, 11) is 0. The third-order valence-electron chi connectivity index (χ3n) is 6.47. The maximum absolute atomic E-state index is 12.5. The van der Waals surface area contributed by atoms with Gasteiger partial charge < -0.3 is 15.0 Å². The molecule has 0 radical (unpaired) electrons. The van der Waals surface area contributed by atoms with E-state index in [1.165, 1.54) is 10.4 Å². The van der Waals surface area contributed by atoms with Gasteiger partial charge in [0.05, 0.1) is 17.4 Å². The number of aryl methyl sites for hydroxylation is 2. The molecule has 164 valence electrons. The summed E-state index contributed by atoms with van der Waals surface area (Å²) < 4.78 is 5.27. The van der Waals surface area contributed by atoms with Crippen molar-refractivity contribution in [3.05, 3.63) is 16.8 Å². The molecule has 3 heterocycles. The van der Waals surface area contributed by atoms with E-state index < -0.39 is 11.4 Å². The number of carbonyl (C=O) groups excluding carboxylic acids is 2. The summed E-state index contributed by atoms with van der Waals surface area (Å²) in [6, 6.07) is 2.21. The molecule has 1 aliphatic heterocycles. The van der Waals surface area contributed by atoms with E-state index in [1.807, 2.05) is 0 Å². The summed E-state index contributed by atoms with van der Waals surface area (Å²) in [5.41, 5.74) is 0.413. The highest BCUT2D eigenvalue weighted by atomic mass is 32.1. The largest absolute Gasteiger partial charge is 0.455 e. The molecule has 2 aliphatic rings. The smallest absolute Gasteiger partial charge is 0.309 e. The highest BCUT2D eigenvalue weighted by Gasteiger charge is 2.36. The minimum Gasteiger partial charge on any atom is -0.455 e. The summed E-state index contributed by atoms with van der Waals surface area (Å²) in [5.74, 6) is -0.0527. The molecule has 2 fully saturated rings. The van der Waals surface area contributed by atoms with Crippen LogP contribution in [0.15, 0.2) is 6.33 Å². The highest BCUT2D eigenvalue weighted by Crippen LogP contribution is 2.35. The molecule has 1 amide bonds. The first kappa shape index (κ1) is 21.5. The topological polar surface area (TPSA) is 108 Å². The number of amides is 1. The number of fused-ring (bicyclic) bond motifs is 1. The Labute approximate surface area is 185 Å². The number of esters is 1. The zero-order valence-corrected chi connectivity index (χ0v) is 18.8. The van der Waals surface area contributed by atoms with Gasteiger partial charge in [0, 0.05) is 18.0 Å². The van der Waals surface area contributed by atoms with Gasteiger partial charge in [-0.1, -0.05) is 0 Å². The van der Waals surface area contributed by atoms with Gasteiger partial charge in [-0.15, -0.1) is 11.3 Å². The van der Waals surface area contributed by atoms with E-state index in [0.29, 0.717) is 38.8 Å². The Bertz CT molecular complexity index is 1030. The van der Waals surface area contributed by atoms with E-state index in [2.05, 4.69) is 40.1 Å². The molecule has 0 atom stereocenters. The van der Waals surface area contributed by atoms with Gasteiger partial charge in [0.2, 0.25) is 0 Å². The fourth-order valence-electron chi connectivity index (χ4n) is 4.53. The van der Waals surface area contributed by atoms with Crippen molar-refractivity contribution >= 4 is 39.2 Å². The number of nitriles is 1. The molecule has 2 aromatic rings. The molecule has 0 unspecified atom stereocenters. The van der Waals surface area contributed by atoms with Crippen LogP contribution in [0.4, 0.5) is 5.82 Å². The van der Waals surface area contributed by atoms with Gasteiger partial charge in [0.25, 0.3) is 5.91 Å². The number of aromatic nitrogens is 2. The molecule has 2 aromatic heterocycles. The lowest BCUT2D eigenvalue weighted by Crippen LogP contribution is -2.47. The number of piperidine rings is 1. The van der Waals surface area contributed by atoms with Gasteiger partial charge in [-0.2, -0.15) is 5.26 Å². The van der Waals surface area contributed by atoms with Crippen LogP contribution in [-0.2, 0) is 14.3 Å². The Kier molecular flexibility index (Phi) is 6.10. The Morgan fingerprint density at radius 2 is 2.00 bits per heavy atom. The van der Waals surface area contributed by atoms with E-state index in [9.17, 15) is 14.9 Å². The number of ether oxygens (including phenoxy) is 1. The van der Waals surface area contributed by atoms with E-state index >= 15 is 0 Å². The Morgan fingerprint density at radius 1 is 1.29 bits per heavy atom. The number of carbonyl (C=O) groups is 2. The lowest BCUT2D eigenvalue weighted by Gasteiger charge is -2.32. The highest BCUT2D eigenvalue weighted by molar-refractivity contribution is 7.18. The molecule has 1 saturated carbocycles. The second kappa shape index (κ2) is 8.79. The average Bonchev–Trinajstić information content (AvgIpc) is 3.37. The van der Waals surface area contributed by atoms with Crippen LogP contribution in [-0.4, -0.2) is 47.1 Å². The number of rotatable bonds is 5. The van der Waals surface area contributed by atoms with Crippen molar-refractivity contribution in [2.45, 2.75) is 57.9 Å². The molecule has 4 rings (SSSR count). The van der Waals surface area contributed by atoms with Gasteiger partial charge in [-0.3, -0.25) is 9.59 Å². The molecule has 1 aliphatic carbocycles. The molecule has 1 N–H and O–H groups in total. The number of anilines is 1. The van der Waals surface area contributed by atoms with E-state index in [-0.39, 0.29) is 18.5 Å². The molecule has 8 nitrogen and oxygen atoms in total. The lowest BCUT2D eigenvalue weighted by molar-refractivity contribution is -0.153. The van der Waals surface area contributed by atoms with Crippen molar-refractivity contribution in [2.75, 3.05) is 24.6 Å². The Morgan fingerprint density at radius 3 is 2.68 bits per heavy atom. The van der Waals surface area contributed by atoms with Gasteiger partial charge in [-0.25, -0.2) is 9.97 Å². The SMILES string of the molecule is Cc1sc2ncnc(N3CCC(C(=O)OCC(=O)NC4(C#N)CCCC4)CC3)c2c1C. The number of hydrogen-bond donors (Lipinski definition) is 1. The third-order valence-corrected chi connectivity index (χ3v) is 7.58. The first-order valence-electron chi connectivity index (χ1n) is 10.8. The molecule has 0 bridgehead atoms. The van der Waals surface area contributed by atoms with Gasteiger partial charge >= 0.3 is 5.97 Å². The second-order valence-electron chi connectivity index (χ2n) is 8.48. The maximum Gasteiger partial charge on any atom is 0.309 e. The van der Waals surface area contributed by atoms with Crippen molar-refractivity contribution in [3.8, 4) is 6.07 Å². The van der Waals surface area contributed by atoms with Crippen LogP contribution in [0.3, 0.4) is 0 Å². The Balaban J connectivity index is 1.31. The summed E-state index contributed by atoms with van der Waals surface area (Å²) in [6.45, 7) is 5.25. The van der Waals surface area contributed by atoms with Crippen LogP contribution in [0.25, 0.3) is 10.2 Å². The quantitative estimate of drug-likeness (QED) is 0.711. The summed E-state index contributed by atoms with van der Waals surface area (Å²) in [5, 5.41) is 13.2. The first-order chi connectivity index (χ1) is 14.9. The number of nitrogens with zero attached hydrogens (tertiary/aromatic N) is 4. The molecule has 1 saturated heterocycles. The monoisotopic (exact) mass is 441 g/mol. The zero-order valence-electron chi connectivity index (χ0n) is 17.9. The number of hydrogen-bond acceptors (Lipinski definition) is 8. The van der Waals surface area contributed by atoms with Crippen molar-refractivity contribution < 1.29 is 14.3 Å². The fraction of sp³-hybridized carbons (Fsp3) is 0.591. The molecule has 9 heteroatoms. The summed E-state index contributed by atoms with van der Waals surface area (Å²) in [6.07, 6.45) is 6.06. The molecular weight excluding hydrogens is 414 g/mol. The standard InChI is InChI=1S/C22H27N5O3S/c1-14-15(2)31-20-18(14)19(24-13-25-20)27-9-5-16(6-10-27)21(29)30-11-17(28)26-22(12-23)7-3-4-8-22/h13,16H,3-11H2,1-2H3,(H,26,28). The van der Waals surface area contributed by atoms with E-state index in [4.69, 9.17) is 4.74 Å². The normalized spacial score (nSPS) is 18.7. The van der Waals surface area contributed by atoms with Gasteiger partial charge in [0.1, 0.15) is 22.5 Å². The minimum atomic E-state index is -0.796. The Hall–Kier alpha value is -2.73. The molecular formula is C22H27N5O3S. The molecule has 0 spiro atoms. The molecule has 31 heavy (non-hydrogen) atoms. The minimum absolute atomic E-state index is 0.233. The van der Waals surface area contributed by atoms with Gasteiger partial charge in [0.15, 0.2) is 6.61 Å². The average molecular weight is 442 g/mol. The van der Waals surface area contributed by atoms with Crippen LogP contribution in [0.1, 0.15) is 49.0 Å². The summed E-state index contributed by atoms with van der Waals surface area (Å²) >= 11 is 1.67. The van der Waals surface area contributed by atoms with Crippen LogP contribution in [0.5, 0.6) is 0 Å². The number of thiophene rings is 1. The molecule has 0 aromatic carbocycles. The van der Waals surface area contributed by atoms with Crippen molar-refractivity contribution in [1.29, 1.82) is 5.26 Å². The van der Waals surface area contributed by atoms with Crippen LogP contribution in [0, 0.1) is 31.1 Å². The third kappa shape index (κ3) is 4.35. The predicted octanol–water partition coefficient (Wildman–Crippen LogP) is 3.02. The van der Waals surface area contributed by atoms with Crippen LogP contribution < -0.4 is 10.2 Å². The van der Waals surface area contributed by atoms with Crippen molar-refractivity contribution in [2.24, 2.45) is 5.92 Å². The predicted molar refractivity (Wildman–Crippen MR) is 118 cm³/mol. The lowest BCUT2D eigenvalue weighted by atomic mass is 9.96. The van der Waals surface area contributed by atoms with E-state index in [1.54, 1.807) is 17.7 Å². The first-order valence-corrected chi connectivity index (χ1v) is 11.6. The van der Waals surface area contributed by atoms with Crippen LogP contribution >= 0.6 is 11.3 Å². The van der Waals surface area contributed by atoms with Gasteiger partial charge in [-0.05, 0) is 57.9 Å². The van der Waals surface area contributed by atoms with Crippen molar-refractivity contribution in [1.82, 2.24) is 15.3 Å². The van der Waals surface area contributed by atoms with Crippen LogP contribution in [0.2, 0.25) is 0 Å². The fourth-order valence-corrected chi connectivity index (χ4v) is 5.52. The summed E-state index contributed by atoms with van der Waals surface area (Å²) in [4.78, 5) is 38.0. The van der Waals surface area contributed by atoms with Crippen molar-refractivity contribution in [3.63, 3.8) is 0 Å².